The molecule has 0 saturated carbocycles. The van der Waals surface area contributed by atoms with Crippen LogP contribution in [0.25, 0.3) is 0 Å². The van der Waals surface area contributed by atoms with Crippen molar-refractivity contribution in [2.45, 2.75) is 13.0 Å². The van der Waals surface area contributed by atoms with Crippen LogP contribution in [0, 0.1) is 6.92 Å². The van der Waals surface area contributed by atoms with Crippen molar-refractivity contribution in [1.29, 1.82) is 0 Å². The molecule has 0 heterocycles. The lowest BCUT2D eigenvalue weighted by Crippen LogP contribution is -2.15. The fourth-order valence-electron chi connectivity index (χ4n) is 1.16. The van der Waals surface area contributed by atoms with E-state index in [1.54, 1.807) is 6.07 Å². The van der Waals surface area contributed by atoms with E-state index in [0.29, 0.717) is 5.69 Å². The Morgan fingerprint density at radius 3 is 2.75 bits per heavy atom. The summed E-state index contributed by atoms with van der Waals surface area (Å²) in [6.45, 7) is 1.90. The SMILES string of the molecule is Cc1ccc(N)cc1C(N)CO. The van der Waals surface area contributed by atoms with Crippen molar-refractivity contribution in [3.8, 4) is 0 Å². The first-order chi connectivity index (χ1) is 5.65. The van der Waals surface area contributed by atoms with Crippen molar-refractivity contribution in [1.82, 2.24) is 0 Å². The van der Waals surface area contributed by atoms with Gasteiger partial charge in [-0.15, -0.1) is 0 Å². The second-order valence-corrected chi connectivity index (χ2v) is 2.91. The van der Waals surface area contributed by atoms with E-state index in [9.17, 15) is 0 Å². The van der Waals surface area contributed by atoms with Gasteiger partial charge in [0, 0.05) is 5.69 Å². The molecule has 12 heavy (non-hydrogen) atoms. The van der Waals surface area contributed by atoms with Gasteiger partial charge in [0.25, 0.3) is 0 Å². The summed E-state index contributed by atoms with van der Waals surface area (Å²) in [5.74, 6) is 0. The van der Waals surface area contributed by atoms with Gasteiger partial charge < -0.3 is 16.6 Å². The Bertz CT molecular complexity index is 273. The predicted molar refractivity (Wildman–Crippen MR) is 49.6 cm³/mol. The maximum absolute atomic E-state index is 8.84. The van der Waals surface area contributed by atoms with Crippen LogP contribution in [0.3, 0.4) is 0 Å². The molecule has 3 heteroatoms. The van der Waals surface area contributed by atoms with Gasteiger partial charge in [0.05, 0.1) is 12.6 Å². The monoisotopic (exact) mass is 166 g/mol. The Kier molecular flexibility index (Phi) is 2.68. The molecule has 0 aliphatic rings. The molecule has 5 N–H and O–H groups in total. The standard InChI is InChI=1S/C9H14N2O/c1-6-2-3-7(10)4-8(6)9(11)5-12/h2-4,9,12H,5,10-11H2,1H3. The van der Waals surface area contributed by atoms with Gasteiger partial charge in [-0.05, 0) is 30.2 Å². The second-order valence-electron chi connectivity index (χ2n) is 2.91. The molecule has 0 bridgehead atoms. The minimum absolute atomic E-state index is 0.0513. The Hall–Kier alpha value is -1.06. The molecule has 1 aromatic rings. The maximum Gasteiger partial charge on any atom is 0.0624 e. The maximum atomic E-state index is 8.84. The highest BCUT2D eigenvalue weighted by Crippen LogP contribution is 2.18. The van der Waals surface area contributed by atoms with Crippen LogP contribution in [0.5, 0.6) is 0 Å². The quantitative estimate of drug-likeness (QED) is 0.562. The van der Waals surface area contributed by atoms with Gasteiger partial charge in [-0.2, -0.15) is 0 Å². The molecule has 0 spiro atoms. The molecule has 3 nitrogen and oxygen atoms in total. The van der Waals surface area contributed by atoms with Crippen LogP contribution in [0.15, 0.2) is 18.2 Å². The van der Waals surface area contributed by atoms with Crippen molar-refractivity contribution < 1.29 is 5.11 Å². The number of hydrogen-bond acceptors (Lipinski definition) is 3. The lowest BCUT2D eigenvalue weighted by Gasteiger charge is -2.12. The number of benzene rings is 1. The third-order valence-corrected chi connectivity index (χ3v) is 1.90. The molecule has 1 aromatic carbocycles. The van der Waals surface area contributed by atoms with Crippen LogP contribution in [-0.2, 0) is 0 Å². The average molecular weight is 166 g/mol. The molecule has 0 fully saturated rings. The molecular formula is C9H14N2O. The van der Waals surface area contributed by atoms with E-state index in [4.69, 9.17) is 16.6 Å². The number of aliphatic hydroxyl groups excluding tert-OH is 1. The first-order valence-electron chi connectivity index (χ1n) is 3.87. The summed E-state index contributed by atoms with van der Waals surface area (Å²) in [7, 11) is 0. The minimum atomic E-state index is -0.325. The zero-order chi connectivity index (χ0) is 9.14. The van der Waals surface area contributed by atoms with Gasteiger partial charge >= 0.3 is 0 Å². The molecule has 66 valence electrons. The Labute approximate surface area is 72.0 Å². The Morgan fingerprint density at radius 1 is 1.50 bits per heavy atom. The first kappa shape index (κ1) is 9.03. The topological polar surface area (TPSA) is 72.3 Å². The number of aryl methyl sites for hydroxylation is 1. The molecule has 1 rings (SSSR count). The highest BCUT2D eigenvalue weighted by molar-refractivity contribution is 5.45. The van der Waals surface area contributed by atoms with E-state index in [0.717, 1.165) is 11.1 Å². The van der Waals surface area contributed by atoms with Gasteiger partial charge in [-0.25, -0.2) is 0 Å². The molecule has 0 aromatic heterocycles. The largest absolute Gasteiger partial charge is 0.399 e. The number of aliphatic hydroxyl groups is 1. The van der Waals surface area contributed by atoms with Crippen molar-refractivity contribution >= 4 is 5.69 Å². The van der Waals surface area contributed by atoms with E-state index < -0.39 is 0 Å². The molecule has 0 aliphatic carbocycles. The molecule has 0 amide bonds. The van der Waals surface area contributed by atoms with E-state index in [-0.39, 0.29) is 12.6 Å². The summed E-state index contributed by atoms with van der Waals surface area (Å²) in [5.41, 5.74) is 13.9. The van der Waals surface area contributed by atoms with Crippen LogP contribution >= 0.6 is 0 Å². The number of nitrogens with two attached hydrogens (primary N) is 2. The highest BCUT2D eigenvalue weighted by Gasteiger charge is 2.06. The smallest absolute Gasteiger partial charge is 0.0624 e. The van der Waals surface area contributed by atoms with Crippen LogP contribution < -0.4 is 11.5 Å². The van der Waals surface area contributed by atoms with E-state index >= 15 is 0 Å². The third kappa shape index (κ3) is 1.75. The van der Waals surface area contributed by atoms with Crippen LogP contribution in [-0.4, -0.2) is 11.7 Å². The predicted octanol–water partition coefficient (Wildman–Crippen LogP) is 0.569. The van der Waals surface area contributed by atoms with Gasteiger partial charge in [0.15, 0.2) is 0 Å². The average Bonchev–Trinajstić information content (AvgIpc) is 2.08. The summed E-state index contributed by atoms with van der Waals surface area (Å²) < 4.78 is 0. The normalized spacial score (nSPS) is 12.9. The van der Waals surface area contributed by atoms with Gasteiger partial charge in [-0.3, -0.25) is 0 Å². The summed E-state index contributed by atoms with van der Waals surface area (Å²) in [5, 5.41) is 8.84. The van der Waals surface area contributed by atoms with Crippen molar-refractivity contribution in [2.75, 3.05) is 12.3 Å². The Balaban J connectivity index is 3.04. The zero-order valence-electron chi connectivity index (χ0n) is 7.12. The van der Waals surface area contributed by atoms with E-state index in [1.165, 1.54) is 0 Å². The van der Waals surface area contributed by atoms with Crippen LogP contribution in [0.2, 0.25) is 0 Å². The lowest BCUT2D eigenvalue weighted by molar-refractivity contribution is 0.267. The van der Waals surface area contributed by atoms with Crippen LogP contribution in [0.4, 0.5) is 5.69 Å². The third-order valence-electron chi connectivity index (χ3n) is 1.90. The number of hydrogen-bond donors (Lipinski definition) is 3. The summed E-state index contributed by atoms with van der Waals surface area (Å²) >= 11 is 0. The number of nitrogen functional groups attached to an aromatic ring is 1. The van der Waals surface area contributed by atoms with Gasteiger partial charge in [0.1, 0.15) is 0 Å². The minimum Gasteiger partial charge on any atom is -0.399 e. The molecule has 0 saturated heterocycles. The Morgan fingerprint density at radius 2 is 2.17 bits per heavy atom. The van der Waals surface area contributed by atoms with Crippen molar-refractivity contribution in [3.05, 3.63) is 29.3 Å². The summed E-state index contributed by atoms with van der Waals surface area (Å²) in [6.07, 6.45) is 0. The van der Waals surface area contributed by atoms with Crippen LogP contribution in [0.1, 0.15) is 17.2 Å². The van der Waals surface area contributed by atoms with Gasteiger partial charge in [-0.1, -0.05) is 6.07 Å². The highest BCUT2D eigenvalue weighted by atomic mass is 16.3. The van der Waals surface area contributed by atoms with Crippen molar-refractivity contribution in [2.24, 2.45) is 5.73 Å². The summed E-state index contributed by atoms with van der Waals surface area (Å²) in [6, 6.07) is 5.20. The number of rotatable bonds is 2. The molecular weight excluding hydrogens is 152 g/mol. The number of anilines is 1. The van der Waals surface area contributed by atoms with E-state index in [2.05, 4.69) is 0 Å². The lowest BCUT2D eigenvalue weighted by atomic mass is 10.0. The second kappa shape index (κ2) is 3.56. The molecule has 0 aliphatic heterocycles. The molecule has 0 radical (unpaired) electrons. The molecule has 1 unspecified atom stereocenters. The van der Waals surface area contributed by atoms with E-state index in [1.807, 2.05) is 19.1 Å². The zero-order valence-corrected chi connectivity index (χ0v) is 7.12. The first-order valence-corrected chi connectivity index (χ1v) is 3.87. The molecule has 1 atom stereocenters. The fourth-order valence-corrected chi connectivity index (χ4v) is 1.16. The fraction of sp³-hybridized carbons (Fsp3) is 0.333. The van der Waals surface area contributed by atoms with Gasteiger partial charge in [0.2, 0.25) is 0 Å². The summed E-state index contributed by atoms with van der Waals surface area (Å²) in [4.78, 5) is 0. The van der Waals surface area contributed by atoms with Crippen molar-refractivity contribution in [3.63, 3.8) is 0 Å².